The van der Waals surface area contributed by atoms with Gasteiger partial charge in [-0.2, -0.15) is 4.31 Å². The predicted molar refractivity (Wildman–Crippen MR) is 81.9 cm³/mol. The maximum Gasteiger partial charge on any atom is 0.243 e. The Labute approximate surface area is 126 Å². The van der Waals surface area contributed by atoms with Crippen molar-refractivity contribution in [2.24, 2.45) is 5.73 Å². The Hall–Kier alpha value is -1.15. The van der Waals surface area contributed by atoms with Crippen molar-refractivity contribution in [3.8, 4) is 5.75 Å². The van der Waals surface area contributed by atoms with Crippen LogP contribution >= 0.6 is 0 Å². The third kappa shape index (κ3) is 5.28. The topological polar surface area (TPSA) is 81.9 Å². The van der Waals surface area contributed by atoms with Gasteiger partial charge in [0.05, 0.1) is 11.5 Å². The van der Waals surface area contributed by atoms with Gasteiger partial charge in [-0.1, -0.05) is 6.92 Å². The normalized spacial score (nSPS) is 11.8. The molecule has 7 heteroatoms. The van der Waals surface area contributed by atoms with Crippen molar-refractivity contribution in [1.82, 2.24) is 4.31 Å². The largest absolute Gasteiger partial charge is 0.492 e. The number of nitrogens with zero attached hydrogens (tertiary/aromatic N) is 1. The van der Waals surface area contributed by atoms with Crippen LogP contribution in [-0.2, 0) is 14.8 Å². The molecule has 1 aromatic rings. The van der Waals surface area contributed by atoms with Crippen LogP contribution in [0.4, 0.5) is 0 Å². The quantitative estimate of drug-likeness (QED) is 0.653. The van der Waals surface area contributed by atoms with Gasteiger partial charge >= 0.3 is 0 Å². The number of benzene rings is 1. The number of likely N-dealkylation sites (N-methyl/N-ethyl adjacent to an activating group) is 1. The monoisotopic (exact) mass is 316 g/mol. The molecule has 2 N–H and O–H groups in total. The molecule has 0 fully saturated rings. The van der Waals surface area contributed by atoms with E-state index in [1.165, 1.54) is 4.31 Å². The van der Waals surface area contributed by atoms with Crippen molar-refractivity contribution in [3.05, 3.63) is 24.3 Å². The molecule has 0 amide bonds. The summed E-state index contributed by atoms with van der Waals surface area (Å²) in [6, 6.07) is 6.37. The first-order valence-corrected chi connectivity index (χ1v) is 8.51. The summed E-state index contributed by atoms with van der Waals surface area (Å²) in [5, 5.41) is 0. The minimum atomic E-state index is -3.50. The van der Waals surface area contributed by atoms with E-state index < -0.39 is 10.0 Å². The zero-order chi connectivity index (χ0) is 15.7. The maximum atomic E-state index is 12.5. The van der Waals surface area contributed by atoms with Crippen LogP contribution in [0.1, 0.15) is 13.8 Å². The number of sulfonamides is 1. The third-order valence-corrected chi connectivity index (χ3v) is 4.88. The second kappa shape index (κ2) is 8.99. The molecule has 0 radical (unpaired) electrons. The van der Waals surface area contributed by atoms with Gasteiger partial charge in [-0.15, -0.1) is 0 Å². The van der Waals surface area contributed by atoms with Crippen molar-refractivity contribution in [2.75, 3.05) is 39.5 Å². The second-order valence-corrected chi connectivity index (χ2v) is 6.24. The molecule has 1 aromatic carbocycles. The van der Waals surface area contributed by atoms with E-state index in [1.54, 1.807) is 24.3 Å². The predicted octanol–water partition coefficient (Wildman–Crippen LogP) is 1.07. The molecule has 6 nitrogen and oxygen atoms in total. The van der Waals surface area contributed by atoms with Crippen molar-refractivity contribution < 1.29 is 17.9 Å². The number of nitrogens with two attached hydrogens (primary N) is 1. The first kappa shape index (κ1) is 17.9. The maximum absolute atomic E-state index is 12.5. The van der Waals surface area contributed by atoms with Gasteiger partial charge in [0, 0.05) is 26.2 Å². The van der Waals surface area contributed by atoms with Crippen LogP contribution in [-0.4, -0.2) is 52.2 Å². The average molecular weight is 316 g/mol. The molecule has 0 aliphatic carbocycles. The van der Waals surface area contributed by atoms with Gasteiger partial charge in [0.25, 0.3) is 0 Å². The van der Waals surface area contributed by atoms with Crippen molar-refractivity contribution in [2.45, 2.75) is 18.7 Å². The SMILES string of the molecule is CCOCCN(CC)S(=O)(=O)c1ccc(OCCN)cc1. The number of ether oxygens (including phenoxy) is 2. The Morgan fingerprint density at radius 1 is 1.14 bits per heavy atom. The fourth-order valence-electron chi connectivity index (χ4n) is 1.79. The minimum absolute atomic E-state index is 0.251. The summed E-state index contributed by atoms with van der Waals surface area (Å²) in [5.74, 6) is 0.608. The molecule has 0 aromatic heterocycles. The van der Waals surface area contributed by atoms with Crippen LogP contribution in [0.5, 0.6) is 5.75 Å². The lowest BCUT2D eigenvalue weighted by Gasteiger charge is -2.20. The molecule has 0 bridgehead atoms. The molecule has 0 heterocycles. The van der Waals surface area contributed by atoms with E-state index in [2.05, 4.69) is 0 Å². The zero-order valence-electron chi connectivity index (χ0n) is 12.6. The number of rotatable bonds is 10. The van der Waals surface area contributed by atoms with Crippen molar-refractivity contribution in [3.63, 3.8) is 0 Å². The number of hydrogen-bond acceptors (Lipinski definition) is 5. The molecule has 0 spiro atoms. The Kier molecular flexibility index (Phi) is 7.66. The van der Waals surface area contributed by atoms with Gasteiger partial charge in [0.2, 0.25) is 10.0 Å². The Morgan fingerprint density at radius 2 is 1.81 bits per heavy atom. The average Bonchev–Trinajstić information content (AvgIpc) is 2.49. The van der Waals surface area contributed by atoms with Gasteiger partial charge in [-0.05, 0) is 31.2 Å². The zero-order valence-corrected chi connectivity index (χ0v) is 13.4. The highest BCUT2D eigenvalue weighted by molar-refractivity contribution is 7.89. The van der Waals surface area contributed by atoms with Gasteiger partial charge in [0.1, 0.15) is 12.4 Å². The van der Waals surface area contributed by atoms with E-state index in [0.29, 0.717) is 45.2 Å². The fraction of sp³-hybridized carbons (Fsp3) is 0.571. The van der Waals surface area contributed by atoms with E-state index in [4.69, 9.17) is 15.2 Å². The highest BCUT2D eigenvalue weighted by atomic mass is 32.2. The number of hydrogen-bond donors (Lipinski definition) is 1. The highest BCUT2D eigenvalue weighted by Gasteiger charge is 2.22. The van der Waals surface area contributed by atoms with E-state index >= 15 is 0 Å². The molecule has 0 aliphatic heterocycles. The van der Waals surface area contributed by atoms with Crippen LogP contribution in [0.2, 0.25) is 0 Å². The molecule has 0 saturated carbocycles. The highest BCUT2D eigenvalue weighted by Crippen LogP contribution is 2.19. The van der Waals surface area contributed by atoms with Crippen molar-refractivity contribution in [1.29, 1.82) is 0 Å². The van der Waals surface area contributed by atoms with E-state index in [0.717, 1.165) is 0 Å². The molecule has 120 valence electrons. The standard InChI is InChI=1S/C14H24N2O4S/c1-3-16(10-12-19-4-2)21(17,18)14-7-5-13(6-8-14)20-11-9-15/h5-8H,3-4,9-12,15H2,1-2H3. The second-order valence-electron chi connectivity index (χ2n) is 4.30. The molecule has 1 rings (SSSR count). The van der Waals surface area contributed by atoms with Crippen molar-refractivity contribution >= 4 is 10.0 Å². The van der Waals surface area contributed by atoms with Gasteiger partial charge in [-0.3, -0.25) is 0 Å². The molecule has 0 aliphatic rings. The smallest absolute Gasteiger partial charge is 0.243 e. The third-order valence-electron chi connectivity index (χ3n) is 2.89. The minimum Gasteiger partial charge on any atom is -0.492 e. The summed E-state index contributed by atoms with van der Waals surface area (Å²) in [7, 11) is -3.50. The van der Waals surface area contributed by atoms with Crippen LogP contribution in [0.25, 0.3) is 0 Å². The molecule has 0 saturated heterocycles. The van der Waals surface area contributed by atoms with Crippen LogP contribution < -0.4 is 10.5 Å². The summed E-state index contributed by atoms with van der Waals surface area (Å²) in [4.78, 5) is 0.251. The van der Waals surface area contributed by atoms with Gasteiger partial charge < -0.3 is 15.2 Å². The Morgan fingerprint density at radius 3 is 2.33 bits per heavy atom. The summed E-state index contributed by atoms with van der Waals surface area (Å²) in [6.45, 7) is 6.22. The molecular weight excluding hydrogens is 292 g/mol. The summed E-state index contributed by atoms with van der Waals surface area (Å²) in [5.41, 5.74) is 5.35. The lowest BCUT2D eigenvalue weighted by molar-refractivity contribution is 0.135. The van der Waals surface area contributed by atoms with Gasteiger partial charge in [0.15, 0.2) is 0 Å². The lowest BCUT2D eigenvalue weighted by Crippen LogP contribution is -2.33. The van der Waals surface area contributed by atoms with E-state index in [-0.39, 0.29) is 4.90 Å². The fourth-order valence-corrected chi connectivity index (χ4v) is 3.23. The summed E-state index contributed by atoms with van der Waals surface area (Å²) >= 11 is 0. The summed E-state index contributed by atoms with van der Waals surface area (Å²) in [6.07, 6.45) is 0. The Bertz CT molecular complexity index is 502. The first-order valence-electron chi connectivity index (χ1n) is 7.07. The van der Waals surface area contributed by atoms with E-state index in [1.807, 2.05) is 13.8 Å². The molecular formula is C14H24N2O4S. The molecule has 0 atom stereocenters. The van der Waals surface area contributed by atoms with Gasteiger partial charge in [-0.25, -0.2) is 8.42 Å². The lowest BCUT2D eigenvalue weighted by atomic mass is 10.3. The van der Waals surface area contributed by atoms with E-state index in [9.17, 15) is 8.42 Å². The van der Waals surface area contributed by atoms with Crippen LogP contribution in [0, 0.1) is 0 Å². The first-order chi connectivity index (χ1) is 10.1. The molecule has 21 heavy (non-hydrogen) atoms. The Balaban J connectivity index is 2.79. The van der Waals surface area contributed by atoms with Crippen LogP contribution in [0.3, 0.4) is 0 Å². The summed E-state index contributed by atoms with van der Waals surface area (Å²) < 4.78 is 36.9. The molecule has 0 unspecified atom stereocenters. The van der Waals surface area contributed by atoms with Crippen LogP contribution in [0.15, 0.2) is 29.2 Å².